The molecule has 1 aromatic heterocycles. The molecule has 0 fully saturated rings. The van der Waals surface area contributed by atoms with Gasteiger partial charge in [-0.05, 0) is 56.1 Å². The van der Waals surface area contributed by atoms with Crippen molar-refractivity contribution in [3.63, 3.8) is 0 Å². The summed E-state index contributed by atoms with van der Waals surface area (Å²) >= 11 is 0. The van der Waals surface area contributed by atoms with Gasteiger partial charge in [0.2, 0.25) is 0 Å². The van der Waals surface area contributed by atoms with Gasteiger partial charge in [0, 0.05) is 12.1 Å². The van der Waals surface area contributed by atoms with E-state index in [1.165, 1.54) is 16.7 Å². The molecule has 2 N–H and O–H groups in total. The number of pyridine rings is 1. The van der Waals surface area contributed by atoms with Crippen LogP contribution >= 0.6 is 0 Å². The number of benzene rings is 1. The van der Waals surface area contributed by atoms with Crippen LogP contribution in [0.1, 0.15) is 28.1 Å². The first-order valence-corrected chi connectivity index (χ1v) is 6.96. The molecule has 0 saturated heterocycles. The predicted octanol–water partition coefficient (Wildman–Crippen LogP) is 3.09. The second-order valence-electron chi connectivity index (χ2n) is 5.10. The molecule has 1 aromatic carbocycles. The van der Waals surface area contributed by atoms with Crippen LogP contribution in [0, 0.1) is 20.8 Å². The molecule has 0 bridgehead atoms. The topological polar surface area (TPSA) is 48.1 Å². The van der Waals surface area contributed by atoms with Crippen LogP contribution in [0.2, 0.25) is 0 Å². The quantitative estimate of drug-likeness (QED) is 0.908. The van der Waals surface area contributed by atoms with E-state index in [0.717, 1.165) is 23.6 Å². The molecule has 0 atom stereocenters. The number of nitrogens with two attached hydrogens (primary N) is 1. The first-order valence-electron chi connectivity index (χ1n) is 6.96. The summed E-state index contributed by atoms with van der Waals surface area (Å²) in [5.74, 6) is 0.837. The van der Waals surface area contributed by atoms with Crippen molar-refractivity contribution in [1.82, 2.24) is 4.98 Å². The van der Waals surface area contributed by atoms with Gasteiger partial charge in [-0.25, -0.2) is 0 Å². The number of aromatic nitrogens is 1. The van der Waals surface area contributed by atoms with Crippen molar-refractivity contribution in [1.29, 1.82) is 0 Å². The maximum atomic E-state index is 5.97. The van der Waals surface area contributed by atoms with Crippen molar-refractivity contribution in [2.75, 3.05) is 6.54 Å². The molecule has 0 saturated carbocycles. The molecule has 0 aliphatic rings. The van der Waals surface area contributed by atoms with Gasteiger partial charge in [-0.15, -0.1) is 0 Å². The Labute approximate surface area is 120 Å². The lowest BCUT2D eigenvalue weighted by Gasteiger charge is -2.14. The summed E-state index contributed by atoms with van der Waals surface area (Å²) in [6.45, 7) is 7.35. The Hall–Kier alpha value is -1.87. The van der Waals surface area contributed by atoms with Crippen molar-refractivity contribution >= 4 is 0 Å². The van der Waals surface area contributed by atoms with Crippen LogP contribution in [0.3, 0.4) is 0 Å². The molecular weight excluding hydrogens is 248 g/mol. The zero-order valence-electron chi connectivity index (χ0n) is 12.4. The summed E-state index contributed by atoms with van der Waals surface area (Å²) in [5.41, 5.74) is 11.3. The highest BCUT2D eigenvalue weighted by molar-refractivity contribution is 5.34. The monoisotopic (exact) mass is 270 g/mol. The Kier molecular flexibility index (Phi) is 4.74. The van der Waals surface area contributed by atoms with E-state index in [1.54, 1.807) is 0 Å². The maximum Gasteiger partial charge on any atom is 0.141 e. The predicted molar refractivity (Wildman–Crippen MR) is 82.0 cm³/mol. The molecule has 0 aliphatic heterocycles. The maximum absolute atomic E-state index is 5.97. The first kappa shape index (κ1) is 14.5. The van der Waals surface area contributed by atoms with Crippen molar-refractivity contribution in [2.24, 2.45) is 5.73 Å². The van der Waals surface area contributed by atoms with E-state index in [1.807, 2.05) is 19.1 Å². The van der Waals surface area contributed by atoms with Crippen molar-refractivity contribution in [3.05, 3.63) is 58.4 Å². The zero-order chi connectivity index (χ0) is 14.5. The van der Waals surface area contributed by atoms with Gasteiger partial charge >= 0.3 is 0 Å². The van der Waals surface area contributed by atoms with Gasteiger partial charge in [-0.2, -0.15) is 0 Å². The standard InChI is InChI=1S/C17H22N2O/c1-12-5-4-6-13(2)15(12)11-20-17-8-7-14(3)19-16(17)9-10-18/h4-8H,9-11,18H2,1-3H3. The molecule has 3 nitrogen and oxygen atoms in total. The molecule has 106 valence electrons. The van der Waals surface area contributed by atoms with Crippen LogP contribution < -0.4 is 10.5 Å². The van der Waals surface area contributed by atoms with E-state index >= 15 is 0 Å². The van der Waals surface area contributed by atoms with E-state index in [2.05, 4.69) is 37.0 Å². The molecule has 2 aromatic rings. The Morgan fingerprint density at radius 1 is 1.05 bits per heavy atom. The summed E-state index contributed by atoms with van der Waals surface area (Å²) in [6, 6.07) is 10.3. The molecule has 0 unspecified atom stereocenters. The van der Waals surface area contributed by atoms with Crippen LogP contribution in [0.15, 0.2) is 30.3 Å². The molecule has 0 aliphatic carbocycles. The van der Waals surface area contributed by atoms with Crippen LogP contribution in [-0.2, 0) is 13.0 Å². The lowest BCUT2D eigenvalue weighted by atomic mass is 10.0. The SMILES string of the molecule is Cc1ccc(OCc2c(C)cccc2C)c(CCN)n1. The summed E-state index contributed by atoms with van der Waals surface area (Å²) < 4.78 is 5.97. The highest BCUT2D eigenvalue weighted by Crippen LogP contribution is 2.21. The number of hydrogen-bond donors (Lipinski definition) is 1. The van der Waals surface area contributed by atoms with E-state index < -0.39 is 0 Å². The number of aryl methyl sites for hydroxylation is 3. The van der Waals surface area contributed by atoms with E-state index in [-0.39, 0.29) is 0 Å². The van der Waals surface area contributed by atoms with Gasteiger partial charge in [-0.3, -0.25) is 4.98 Å². The molecule has 20 heavy (non-hydrogen) atoms. The van der Waals surface area contributed by atoms with Gasteiger partial charge in [0.1, 0.15) is 12.4 Å². The van der Waals surface area contributed by atoms with Crippen molar-refractivity contribution in [3.8, 4) is 5.75 Å². The van der Waals surface area contributed by atoms with E-state index in [9.17, 15) is 0 Å². The van der Waals surface area contributed by atoms with Gasteiger partial charge in [0.05, 0.1) is 5.69 Å². The molecular formula is C17H22N2O. The Balaban J connectivity index is 2.18. The summed E-state index contributed by atoms with van der Waals surface area (Å²) in [6.07, 6.45) is 0.740. The van der Waals surface area contributed by atoms with E-state index in [4.69, 9.17) is 10.5 Å². The number of rotatable bonds is 5. The Morgan fingerprint density at radius 2 is 1.75 bits per heavy atom. The third-order valence-corrected chi connectivity index (χ3v) is 3.47. The van der Waals surface area contributed by atoms with Gasteiger partial charge in [0.15, 0.2) is 0 Å². The van der Waals surface area contributed by atoms with Crippen LogP contribution in [0.25, 0.3) is 0 Å². The minimum absolute atomic E-state index is 0.570. The molecule has 1 heterocycles. The van der Waals surface area contributed by atoms with Crippen LogP contribution in [-0.4, -0.2) is 11.5 Å². The third kappa shape index (κ3) is 3.36. The first-order chi connectivity index (χ1) is 9.61. The smallest absolute Gasteiger partial charge is 0.141 e. The van der Waals surface area contributed by atoms with Gasteiger partial charge in [-0.1, -0.05) is 18.2 Å². The van der Waals surface area contributed by atoms with E-state index in [0.29, 0.717) is 13.2 Å². The highest BCUT2D eigenvalue weighted by atomic mass is 16.5. The summed E-state index contributed by atoms with van der Waals surface area (Å²) in [7, 11) is 0. The lowest BCUT2D eigenvalue weighted by Crippen LogP contribution is -2.08. The average molecular weight is 270 g/mol. The molecule has 0 amide bonds. The number of nitrogens with zero attached hydrogens (tertiary/aromatic N) is 1. The molecule has 3 heteroatoms. The molecule has 0 spiro atoms. The molecule has 0 radical (unpaired) electrons. The summed E-state index contributed by atoms with van der Waals surface area (Å²) in [4.78, 5) is 4.52. The Bertz CT molecular complexity index is 573. The normalized spacial score (nSPS) is 10.6. The van der Waals surface area contributed by atoms with Gasteiger partial charge in [0.25, 0.3) is 0 Å². The fourth-order valence-corrected chi connectivity index (χ4v) is 2.27. The fourth-order valence-electron chi connectivity index (χ4n) is 2.27. The molecule has 2 rings (SSSR count). The summed E-state index contributed by atoms with van der Waals surface area (Å²) in [5, 5.41) is 0. The van der Waals surface area contributed by atoms with Crippen molar-refractivity contribution < 1.29 is 4.74 Å². The number of ether oxygens (including phenoxy) is 1. The lowest BCUT2D eigenvalue weighted by molar-refractivity contribution is 0.299. The van der Waals surface area contributed by atoms with Crippen molar-refractivity contribution in [2.45, 2.75) is 33.8 Å². The largest absolute Gasteiger partial charge is 0.487 e. The zero-order valence-corrected chi connectivity index (χ0v) is 12.4. The van der Waals surface area contributed by atoms with Crippen LogP contribution in [0.4, 0.5) is 0 Å². The van der Waals surface area contributed by atoms with Gasteiger partial charge < -0.3 is 10.5 Å². The second-order valence-corrected chi connectivity index (χ2v) is 5.10. The third-order valence-electron chi connectivity index (χ3n) is 3.47. The Morgan fingerprint density at radius 3 is 2.40 bits per heavy atom. The minimum atomic E-state index is 0.570. The average Bonchev–Trinajstić information content (AvgIpc) is 2.40. The fraction of sp³-hybridized carbons (Fsp3) is 0.353. The minimum Gasteiger partial charge on any atom is -0.487 e. The highest BCUT2D eigenvalue weighted by Gasteiger charge is 2.08. The van der Waals surface area contributed by atoms with Crippen LogP contribution in [0.5, 0.6) is 5.75 Å². The second kappa shape index (κ2) is 6.53. The number of hydrogen-bond acceptors (Lipinski definition) is 3.